The van der Waals surface area contributed by atoms with Gasteiger partial charge in [0.25, 0.3) is 0 Å². The van der Waals surface area contributed by atoms with Gasteiger partial charge in [-0.15, -0.1) is 0 Å². The fourth-order valence-corrected chi connectivity index (χ4v) is 2.34. The second-order valence-corrected chi connectivity index (χ2v) is 4.06. The molecule has 2 rings (SSSR count). The van der Waals surface area contributed by atoms with Gasteiger partial charge >= 0.3 is 0 Å². The molecule has 1 aliphatic rings. The summed E-state index contributed by atoms with van der Waals surface area (Å²) in [7, 11) is 0. The molecular weight excluding hydrogens is 188 g/mol. The zero-order valence-electron chi connectivity index (χ0n) is 8.97. The number of likely N-dealkylation sites (tertiary alicyclic amines) is 1. The largest absolute Gasteiger partial charge is 0.395 e. The van der Waals surface area contributed by atoms with Crippen molar-refractivity contribution in [2.45, 2.75) is 25.3 Å². The molecule has 1 N–H and O–H groups in total. The van der Waals surface area contributed by atoms with E-state index in [2.05, 4.69) is 16.0 Å². The van der Waals surface area contributed by atoms with Gasteiger partial charge in [-0.2, -0.15) is 0 Å². The highest BCUT2D eigenvalue weighted by atomic mass is 16.3. The molecular formula is C12H18N2O. The molecule has 1 aliphatic heterocycles. The molecule has 0 spiro atoms. The lowest BCUT2D eigenvalue weighted by atomic mass is 9.96. The highest BCUT2D eigenvalue weighted by Crippen LogP contribution is 2.29. The monoisotopic (exact) mass is 206 g/mol. The molecule has 1 aromatic heterocycles. The molecule has 1 aromatic rings. The number of rotatable bonds is 3. The molecule has 0 radical (unpaired) electrons. The van der Waals surface area contributed by atoms with Gasteiger partial charge < -0.3 is 5.11 Å². The van der Waals surface area contributed by atoms with E-state index < -0.39 is 0 Å². The van der Waals surface area contributed by atoms with Gasteiger partial charge in [-0.25, -0.2) is 0 Å². The van der Waals surface area contributed by atoms with E-state index in [0.29, 0.717) is 6.04 Å². The first-order chi connectivity index (χ1) is 7.42. The van der Waals surface area contributed by atoms with E-state index in [9.17, 15) is 0 Å². The normalized spacial score (nSPS) is 22.9. The number of hydrogen-bond donors (Lipinski definition) is 1. The number of hydrogen-bond acceptors (Lipinski definition) is 3. The average Bonchev–Trinajstić information content (AvgIpc) is 2.31. The predicted octanol–water partition coefficient (Wildman–Crippen LogP) is 1.60. The van der Waals surface area contributed by atoms with E-state index in [4.69, 9.17) is 5.11 Å². The summed E-state index contributed by atoms with van der Waals surface area (Å²) in [5.74, 6) is 0. The number of pyridine rings is 1. The molecule has 0 aromatic carbocycles. The molecule has 2 heterocycles. The van der Waals surface area contributed by atoms with Gasteiger partial charge in [0.1, 0.15) is 0 Å². The van der Waals surface area contributed by atoms with Crippen LogP contribution >= 0.6 is 0 Å². The zero-order valence-corrected chi connectivity index (χ0v) is 8.97. The van der Waals surface area contributed by atoms with E-state index in [1.54, 1.807) is 0 Å². The molecule has 15 heavy (non-hydrogen) atoms. The first kappa shape index (κ1) is 10.6. The zero-order chi connectivity index (χ0) is 10.5. The fraction of sp³-hybridized carbons (Fsp3) is 0.583. The van der Waals surface area contributed by atoms with Crippen LogP contribution in [-0.2, 0) is 0 Å². The lowest BCUT2D eigenvalue weighted by Crippen LogP contribution is -2.35. The molecule has 0 amide bonds. The molecule has 0 saturated carbocycles. The second-order valence-electron chi connectivity index (χ2n) is 4.06. The SMILES string of the molecule is OCCN1CCCC[C@H]1c1cccnc1. The Labute approximate surface area is 90.8 Å². The molecule has 1 saturated heterocycles. The van der Waals surface area contributed by atoms with Gasteiger partial charge in [0.15, 0.2) is 0 Å². The number of aliphatic hydroxyl groups is 1. The standard InChI is InChI=1S/C12H18N2O/c15-9-8-14-7-2-1-5-12(14)11-4-3-6-13-10-11/h3-4,6,10,12,15H,1-2,5,7-9H2/t12-/m0/s1. The van der Waals surface area contributed by atoms with Gasteiger partial charge in [-0.05, 0) is 31.0 Å². The Morgan fingerprint density at radius 1 is 1.47 bits per heavy atom. The van der Waals surface area contributed by atoms with E-state index in [1.807, 2.05) is 18.5 Å². The first-order valence-electron chi connectivity index (χ1n) is 5.66. The van der Waals surface area contributed by atoms with Crippen molar-refractivity contribution in [2.75, 3.05) is 19.7 Å². The summed E-state index contributed by atoms with van der Waals surface area (Å²) >= 11 is 0. The summed E-state index contributed by atoms with van der Waals surface area (Å²) < 4.78 is 0. The highest BCUT2D eigenvalue weighted by Gasteiger charge is 2.23. The van der Waals surface area contributed by atoms with Crippen LogP contribution in [-0.4, -0.2) is 34.7 Å². The molecule has 1 atom stereocenters. The number of aliphatic hydroxyl groups excluding tert-OH is 1. The van der Waals surface area contributed by atoms with Crippen LogP contribution in [0.5, 0.6) is 0 Å². The number of nitrogens with zero attached hydrogens (tertiary/aromatic N) is 2. The minimum atomic E-state index is 0.247. The van der Waals surface area contributed by atoms with E-state index in [-0.39, 0.29) is 6.61 Å². The molecule has 3 heteroatoms. The van der Waals surface area contributed by atoms with Crippen molar-refractivity contribution >= 4 is 0 Å². The van der Waals surface area contributed by atoms with Crippen molar-refractivity contribution in [1.29, 1.82) is 0 Å². The second kappa shape index (κ2) is 5.24. The van der Waals surface area contributed by atoms with Gasteiger partial charge in [-0.3, -0.25) is 9.88 Å². The molecule has 0 aliphatic carbocycles. The van der Waals surface area contributed by atoms with E-state index in [0.717, 1.165) is 13.1 Å². The maximum atomic E-state index is 9.03. The lowest BCUT2D eigenvalue weighted by Gasteiger charge is -2.35. The summed E-state index contributed by atoms with van der Waals surface area (Å²) in [6.45, 7) is 2.12. The molecule has 0 bridgehead atoms. The van der Waals surface area contributed by atoms with Crippen LogP contribution in [0.4, 0.5) is 0 Å². The van der Waals surface area contributed by atoms with Crippen molar-refractivity contribution in [3.63, 3.8) is 0 Å². The van der Waals surface area contributed by atoms with Crippen LogP contribution in [0.3, 0.4) is 0 Å². The molecule has 3 nitrogen and oxygen atoms in total. The maximum Gasteiger partial charge on any atom is 0.0558 e. The van der Waals surface area contributed by atoms with E-state index in [1.165, 1.54) is 24.8 Å². The van der Waals surface area contributed by atoms with E-state index >= 15 is 0 Å². The minimum Gasteiger partial charge on any atom is -0.395 e. The van der Waals surface area contributed by atoms with Gasteiger partial charge in [0.05, 0.1) is 6.61 Å². The van der Waals surface area contributed by atoms with Crippen molar-refractivity contribution in [1.82, 2.24) is 9.88 Å². The third kappa shape index (κ3) is 2.55. The van der Waals surface area contributed by atoms with Gasteiger partial charge in [-0.1, -0.05) is 12.5 Å². The fourth-order valence-electron chi connectivity index (χ4n) is 2.34. The van der Waals surface area contributed by atoms with Crippen molar-refractivity contribution < 1.29 is 5.11 Å². The van der Waals surface area contributed by atoms with Crippen LogP contribution in [0, 0.1) is 0 Å². The topological polar surface area (TPSA) is 36.4 Å². The molecule has 82 valence electrons. The Morgan fingerprint density at radius 2 is 2.40 bits per heavy atom. The first-order valence-corrected chi connectivity index (χ1v) is 5.66. The Hall–Kier alpha value is -0.930. The van der Waals surface area contributed by atoms with Gasteiger partial charge in [0.2, 0.25) is 0 Å². The van der Waals surface area contributed by atoms with Crippen molar-refractivity contribution in [2.24, 2.45) is 0 Å². The van der Waals surface area contributed by atoms with Crippen molar-refractivity contribution in [3.8, 4) is 0 Å². The van der Waals surface area contributed by atoms with Crippen molar-refractivity contribution in [3.05, 3.63) is 30.1 Å². The van der Waals surface area contributed by atoms with Gasteiger partial charge in [0, 0.05) is 25.0 Å². The third-order valence-electron chi connectivity index (χ3n) is 3.07. The Bertz CT molecular complexity index is 287. The van der Waals surface area contributed by atoms with Crippen LogP contribution < -0.4 is 0 Å². The Morgan fingerprint density at radius 3 is 3.13 bits per heavy atom. The summed E-state index contributed by atoms with van der Waals surface area (Å²) in [4.78, 5) is 6.53. The Kier molecular flexibility index (Phi) is 3.69. The Balaban J connectivity index is 2.11. The summed E-state index contributed by atoms with van der Waals surface area (Å²) in [6.07, 6.45) is 7.47. The summed E-state index contributed by atoms with van der Waals surface area (Å²) in [5, 5.41) is 9.03. The number of β-amino-alcohol motifs (C(OH)–C–C–N with tert-alkyl or cyclic N) is 1. The summed E-state index contributed by atoms with van der Waals surface area (Å²) in [6, 6.07) is 4.58. The minimum absolute atomic E-state index is 0.247. The van der Waals surface area contributed by atoms with Crippen LogP contribution in [0.1, 0.15) is 30.9 Å². The average molecular weight is 206 g/mol. The summed E-state index contributed by atoms with van der Waals surface area (Å²) in [5.41, 5.74) is 1.28. The highest BCUT2D eigenvalue weighted by molar-refractivity contribution is 5.14. The van der Waals surface area contributed by atoms with Crippen LogP contribution in [0.25, 0.3) is 0 Å². The quantitative estimate of drug-likeness (QED) is 0.816. The molecule has 1 fully saturated rings. The number of aromatic nitrogens is 1. The lowest BCUT2D eigenvalue weighted by molar-refractivity contribution is 0.117. The maximum absolute atomic E-state index is 9.03. The molecule has 0 unspecified atom stereocenters. The smallest absolute Gasteiger partial charge is 0.0558 e. The van der Waals surface area contributed by atoms with Crippen LogP contribution in [0.2, 0.25) is 0 Å². The number of piperidine rings is 1. The predicted molar refractivity (Wildman–Crippen MR) is 59.5 cm³/mol. The third-order valence-corrected chi connectivity index (χ3v) is 3.07. The van der Waals surface area contributed by atoms with Crippen LogP contribution in [0.15, 0.2) is 24.5 Å².